The zero-order valence-corrected chi connectivity index (χ0v) is 9.92. The Hall–Kier alpha value is -1.12. The zero-order valence-electron chi connectivity index (χ0n) is 9.92. The molecule has 1 aromatic rings. The van der Waals surface area contributed by atoms with Crippen molar-refractivity contribution in [3.63, 3.8) is 0 Å². The summed E-state index contributed by atoms with van der Waals surface area (Å²) in [6.45, 7) is 6.81. The molecule has 1 rings (SSSR count). The van der Waals surface area contributed by atoms with Gasteiger partial charge in [0.25, 0.3) is 0 Å². The number of ether oxygens (including phenoxy) is 1. The van der Waals surface area contributed by atoms with Crippen LogP contribution in [0.4, 0.5) is 0 Å². The normalized spacial score (nSPS) is 10.3. The maximum Gasteiger partial charge on any atom is 0.216 e. The van der Waals surface area contributed by atoms with Crippen LogP contribution in [-0.2, 0) is 0 Å². The third-order valence-electron chi connectivity index (χ3n) is 2.19. The quantitative estimate of drug-likeness (QED) is 0.674. The van der Waals surface area contributed by atoms with Gasteiger partial charge in [0.2, 0.25) is 5.88 Å². The number of aromatic nitrogens is 2. The lowest BCUT2D eigenvalue weighted by Gasteiger charge is -2.06. The molecule has 0 aliphatic carbocycles. The van der Waals surface area contributed by atoms with E-state index < -0.39 is 0 Å². The molecule has 0 bridgehead atoms. The van der Waals surface area contributed by atoms with Crippen molar-refractivity contribution in [3.8, 4) is 5.88 Å². The van der Waals surface area contributed by atoms with Crippen LogP contribution in [0.25, 0.3) is 0 Å². The molecule has 1 heterocycles. The molecule has 0 aromatic carbocycles. The molecule has 0 amide bonds. The molecule has 0 N–H and O–H groups in total. The van der Waals surface area contributed by atoms with Gasteiger partial charge in [0.15, 0.2) is 0 Å². The highest BCUT2D eigenvalue weighted by atomic mass is 16.5. The molecule has 3 nitrogen and oxygen atoms in total. The Morgan fingerprint density at radius 1 is 1.13 bits per heavy atom. The van der Waals surface area contributed by atoms with E-state index in [1.807, 2.05) is 19.9 Å². The van der Waals surface area contributed by atoms with Gasteiger partial charge in [-0.15, -0.1) is 0 Å². The van der Waals surface area contributed by atoms with Gasteiger partial charge >= 0.3 is 0 Å². The summed E-state index contributed by atoms with van der Waals surface area (Å²) in [6.07, 6.45) is 4.88. The van der Waals surface area contributed by atoms with Crippen LogP contribution in [0.1, 0.15) is 44.1 Å². The number of hydrogen-bond acceptors (Lipinski definition) is 3. The predicted molar refractivity (Wildman–Crippen MR) is 61.1 cm³/mol. The van der Waals surface area contributed by atoms with Crippen molar-refractivity contribution in [1.82, 2.24) is 9.97 Å². The Morgan fingerprint density at radius 2 is 1.93 bits per heavy atom. The van der Waals surface area contributed by atoms with Gasteiger partial charge in [-0.1, -0.05) is 26.2 Å². The van der Waals surface area contributed by atoms with E-state index in [9.17, 15) is 0 Å². The third kappa shape index (κ3) is 4.77. The molecule has 1 aromatic heterocycles. The van der Waals surface area contributed by atoms with E-state index >= 15 is 0 Å². The molecule has 0 radical (unpaired) electrons. The minimum atomic E-state index is 0.705. The van der Waals surface area contributed by atoms with Gasteiger partial charge in [-0.05, 0) is 20.3 Å². The van der Waals surface area contributed by atoms with Crippen molar-refractivity contribution in [2.45, 2.75) is 46.5 Å². The first-order chi connectivity index (χ1) is 7.22. The summed E-state index contributed by atoms with van der Waals surface area (Å²) in [4.78, 5) is 8.42. The molecule has 15 heavy (non-hydrogen) atoms. The maximum absolute atomic E-state index is 5.56. The second kappa shape index (κ2) is 6.38. The van der Waals surface area contributed by atoms with Crippen molar-refractivity contribution in [2.75, 3.05) is 6.61 Å². The Kier molecular flexibility index (Phi) is 5.08. The van der Waals surface area contributed by atoms with Crippen LogP contribution in [0, 0.1) is 13.8 Å². The lowest BCUT2D eigenvalue weighted by Crippen LogP contribution is -2.01. The van der Waals surface area contributed by atoms with Gasteiger partial charge in [-0.2, -0.15) is 4.98 Å². The molecule has 0 spiro atoms. The van der Waals surface area contributed by atoms with E-state index in [0.29, 0.717) is 5.88 Å². The fourth-order valence-electron chi connectivity index (χ4n) is 1.46. The largest absolute Gasteiger partial charge is 0.478 e. The van der Waals surface area contributed by atoms with Crippen LogP contribution in [0.5, 0.6) is 5.88 Å². The zero-order chi connectivity index (χ0) is 11.1. The second-order valence-electron chi connectivity index (χ2n) is 3.80. The van der Waals surface area contributed by atoms with Crippen molar-refractivity contribution < 1.29 is 4.74 Å². The standard InChI is InChI=1S/C12H20N2O/c1-4-5-6-7-8-15-12-9-10(2)13-11(3)14-12/h9H,4-8H2,1-3H3. The third-order valence-corrected chi connectivity index (χ3v) is 2.19. The highest BCUT2D eigenvalue weighted by Gasteiger charge is 1.99. The molecule has 0 atom stereocenters. The molecule has 0 fully saturated rings. The van der Waals surface area contributed by atoms with E-state index in [1.165, 1.54) is 19.3 Å². The average molecular weight is 208 g/mol. The summed E-state index contributed by atoms with van der Waals surface area (Å²) >= 11 is 0. The molecular formula is C12H20N2O. The molecule has 0 saturated carbocycles. The van der Waals surface area contributed by atoms with E-state index in [1.54, 1.807) is 0 Å². The average Bonchev–Trinajstić information content (AvgIpc) is 2.16. The fraction of sp³-hybridized carbons (Fsp3) is 0.667. The molecule has 84 valence electrons. The van der Waals surface area contributed by atoms with Gasteiger partial charge in [0.1, 0.15) is 5.82 Å². The van der Waals surface area contributed by atoms with E-state index in [4.69, 9.17) is 4.74 Å². The first kappa shape index (κ1) is 12.0. The lowest BCUT2D eigenvalue weighted by molar-refractivity contribution is 0.292. The lowest BCUT2D eigenvalue weighted by atomic mass is 10.2. The van der Waals surface area contributed by atoms with Crippen LogP contribution in [0.15, 0.2) is 6.07 Å². The Balaban J connectivity index is 2.31. The predicted octanol–water partition coefficient (Wildman–Crippen LogP) is 3.05. The fourth-order valence-corrected chi connectivity index (χ4v) is 1.46. The maximum atomic E-state index is 5.56. The summed E-state index contributed by atoms with van der Waals surface area (Å²) in [6, 6.07) is 1.88. The summed E-state index contributed by atoms with van der Waals surface area (Å²) in [7, 11) is 0. The van der Waals surface area contributed by atoms with Crippen LogP contribution in [-0.4, -0.2) is 16.6 Å². The first-order valence-electron chi connectivity index (χ1n) is 5.67. The van der Waals surface area contributed by atoms with Gasteiger partial charge in [0, 0.05) is 11.8 Å². The van der Waals surface area contributed by atoms with Crippen molar-refractivity contribution in [1.29, 1.82) is 0 Å². The van der Waals surface area contributed by atoms with Crippen LogP contribution in [0.3, 0.4) is 0 Å². The molecule has 0 saturated heterocycles. The molecule has 0 aliphatic rings. The van der Waals surface area contributed by atoms with Crippen LogP contribution >= 0.6 is 0 Å². The summed E-state index contributed by atoms with van der Waals surface area (Å²) < 4.78 is 5.56. The van der Waals surface area contributed by atoms with Gasteiger partial charge in [0.05, 0.1) is 6.61 Å². The highest BCUT2D eigenvalue weighted by Crippen LogP contribution is 2.09. The smallest absolute Gasteiger partial charge is 0.216 e. The number of nitrogens with zero attached hydrogens (tertiary/aromatic N) is 2. The summed E-state index contributed by atoms with van der Waals surface area (Å²) in [5.41, 5.74) is 0.964. The first-order valence-corrected chi connectivity index (χ1v) is 5.67. The second-order valence-corrected chi connectivity index (χ2v) is 3.80. The summed E-state index contributed by atoms with van der Waals surface area (Å²) in [5.74, 6) is 1.48. The van der Waals surface area contributed by atoms with Crippen LogP contribution in [0.2, 0.25) is 0 Å². The number of unbranched alkanes of at least 4 members (excludes halogenated alkanes) is 3. The van der Waals surface area contributed by atoms with E-state index in [2.05, 4.69) is 16.9 Å². The van der Waals surface area contributed by atoms with Crippen molar-refractivity contribution >= 4 is 0 Å². The molecular weight excluding hydrogens is 188 g/mol. The van der Waals surface area contributed by atoms with E-state index in [0.717, 1.165) is 24.5 Å². The topological polar surface area (TPSA) is 35.0 Å². The molecule has 3 heteroatoms. The van der Waals surface area contributed by atoms with Gasteiger partial charge in [-0.25, -0.2) is 4.98 Å². The Labute approximate surface area is 91.9 Å². The SMILES string of the molecule is CCCCCCOc1cc(C)nc(C)n1. The van der Waals surface area contributed by atoms with Gasteiger partial charge in [-0.3, -0.25) is 0 Å². The number of aryl methyl sites for hydroxylation is 2. The minimum absolute atomic E-state index is 0.705. The van der Waals surface area contributed by atoms with Crippen molar-refractivity contribution in [3.05, 3.63) is 17.6 Å². The Bertz CT molecular complexity index is 279. The monoisotopic (exact) mass is 208 g/mol. The molecule has 0 unspecified atom stereocenters. The Morgan fingerprint density at radius 3 is 2.60 bits per heavy atom. The summed E-state index contributed by atoms with van der Waals surface area (Å²) in [5, 5.41) is 0. The van der Waals surface area contributed by atoms with E-state index in [-0.39, 0.29) is 0 Å². The highest BCUT2D eigenvalue weighted by molar-refractivity contribution is 5.14. The number of hydrogen-bond donors (Lipinski definition) is 0. The molecule has 0 aliphatic heterocycles. The number of rotatable bonds is 6. The minimum Gasteiger partial charge on any atom is -0.478 e. The van der Waals surface area contributed by atoms with Crippen LogP contribution < -0.4 is 4.74 Å². The van der Waals surface area contributed by atoms with Gasteiger partial charge < -0.3 is 4.74 Å². The van der Waals surface area contributed by atoms with Crippen molar-refractivity contribution in [2.24, 2.45) is 0 Å².